The van der Waals surface area contributed by atoms with Crippen LogP contribution in [0.2, 0.25) is 0 Å². The number of thioether (sulfide) groups is 1. The first kappa shape index (κ1) is 17.5. The summed E-state index contributed by atoms with van der Waals surface area (Å²) in [6.07, 6.45) is 0. The lowest BCUT2D eigenvalue weighted by molar-refractivity contribution is -0.129. The highest BCUT2D eigenvalue weighted by molar-refractivity contribution is 8.01. The van der Waals surface area contributed by atoms with Crippen LogP contribution in [0.5, 0.6) is 0 Å². The Balaban J connectivity index is 1.59. The zero-order valence-corrected chi connectivity index (χ0v) is 15.1. The van der Waals surface area contributed by atoms with Crippen molar-refractivity contribution in [3.05, 3.63) is 35.7 Å². The van der Waals surface area contributed by atoms with Crippen LogP contribution in [-0.4, -0.2) is 38.5 Å². The van der Waals surface area contributed by atoms with Crippen molar-refractivity contribution in [3.8, 4) is 11.4 Å². The molecule has 0 radical (unpaired) electrons. The van der Waals surface area contributed by atoms with Gasteiger partial charge in [-0.1, -0.05) is 29.4 Å². The van der Waals surface area contributed by atoms with E-state index in [2.05, 4.69) is 20.8 Å². The maximum Gasteiger partial charge on any atom is 0.246 e. The molecule has 2 heterocycles. The second kappa shape index (κ2) is 6.87. The number of aryl methyl sites for hydroxylation is 1. The van der Waals surface area contributed by atoms with Gasteiger partial charge in [0.15, 0.2) is 0 Å². The Labute approximate surface area is 149 Å². The van der Waals surface area contributed by atoms with Gasteiger partial charge in [-0.2, -0.15) is 4.98 Å². The molecule has 7 nitrogen and oxygen atoms in total. The van der Waals surface area contributed by atoms with E-state index >= 15 is 0 Å². The lowest BCUT2D eigenvalue weighted by atomic mass is 10.1. The number of nitrogens with zero attached hydrogens (tertiary/aromatic N) is 2. The summed E-state index contributed by atoms with van der Waals surface area (Å²) in [5.41, 5.74) is 1.94. The first-order chi connectivity index (χ1) is 11.9. The number of carbonyl (C=O) groups is 2. The third kappa shape index (κ3) is 3.84. The molecule has 1 atom stereocenters. The molecule has 1 aliphatic heterocycles. The quantitative estimate of drug-likeness (QED) is 0.861. The zero-order chi connectivity index (χ0) is 18.0. The van der Waals surface area contributed by atoms with Gasteiger partial charge in [0, 0.05) is 11.3 Å². The number of rotatable bonds is 4. The Morgan fingerprint density at radius 3 is 2.92 bits per heavy atom. The van der Waals surface area contributed by atoms with Crippen LogP contribution in [0.25, 0.3) is 11.4 Å². The predicted molar refractivity (Wildman–Crippen MR) is 94.8 cm³/mol. The van der Waals surface area contributed by atoms with E-state index in [9.17, 15) is 9.59 Å². The SMILES string of the molecule is Cc1ccccc1-c1noc(CNC(=O)[C@H]2CSC(C)(C)C(=O)N2)n1. The summed E-state index contributed by atoms with van der Waals surface area (Å²) in [5.74, 6) is 0.950. The third-order valence-electron chi connectivity index (χ3n) is 4.05. The minimum atomic E-state index is -0.552. The van der Waals surface area contributed by atoms with Crippen molar-refractivity contribution in [2.75, 3.05) is 5.75 Å². The van der Waals surface area contributed by atoms with Crippen molar-refractivity contribution in [3.63, 3.8) is 0 Å². The molecule has 2 amide bonds. The fraction of sp³-hybridized carbons (Fsp3) is 0.412. The van der Waals surface area contributed by atoms with E-state index in [-0.39, 0.29) is 18.4 Å². The summed E-state index contributed by atoms with van der Waals surface area (Å²) in [5, 5.41) is 9.43. The molecule has 1 aromatic carbocycles. The lowest BCUT2D eigenvalue weighted by Crippen LogP contribution is -2.57. The van der Waals surface area contributed by atoms with Gasteiger partial charge in [-0.15, -0.1) is 11.8 Å². The molecule has 1 saturated heterocycles. The first-order valence-corrected chi connectivity index (χ1v) is 8.96. The summed E-state index contributed by atoms with van der Waals surface area (Å²) < 4.78 is 4.69. The molecule has 1 fully saturated rings. The van der Waals surface area contributed by atoms with E-state index in [0.717, 1.165) is 11.1 Å². The standard InChI is InChI=1S/C17H20N4O3S/c1-10-6-4-5-7-11(10)14-20-13(24-21-14)8-18-15(22)12-9-25-17(2,3)16(23)19-12/h4-7,12H,8-9H2,1-3H3,(H,18,22)(H,19,23)/t12-/m1/s1. The number of hydrogen-bond donors (Lipinski definition) is 2. The highest BCUT2D eigenvalue weighted by atomic mass is 32.2. The van der Waals surface area contributed by atoms with E-state index in [4.69, 9.17) is 4.52 Å². The van der Waals surface area contributed by atoms with Crippen LogP contribution in [0.15, 0.2) is 28.8 Å². The first-order valence-electron chi connectivity index (χ1n) is 7.98. The van der Waals surface area contributed by atoms with Gasteiger partial charge in [0.25, 0.3) is 0 Å². The molecule has 8 heteroatoms. The normalized spacial score (nSPS) is 19.3. The molecule has 0 unspecified atom stereocenters. The molecule has 2 aromatic rings. The van der Waals surface area contributed by atoms with Crippen LogP contribution in [0.4, 0.5) is 0 Å². The average molecular weight is 360 g/mol. The molecule has 0 bridgehead atoms. The predicted octanol–water partition coefficient (Wildman–Crippen LogP) is 1.67. The summed E-state index contributed by atoms with van der Waals surface area (Å²) in [7, 11) is 0. The van der Waals surface area contributed by atoms with Gasteiger partial charge in [-0.05, 0) is 26.3 Å². The Bertz CT molecular complexity index is 803. The smallest absolute Gasteiger partial charge is 0.246 e. The molecule has 25 heavy (non-hydrogen) atoms. The number of hydrogen-bond acceptors (Lipinski definition) is 6. The van der Waals surface area contributed by atoms with Gasteiger partial charge in [0.2, 0.25) is 23.5 Å². The maximum atomic E-state index is 12.2. The fourth-order valence-electron chi connectivity index (χ4n) is 2.42. The van der Waals surface area contributed by atoms with Gasteiger partial charge in [0.05, 0.1) is 11.3 Å². The number of benzene rings is 1. The van der Waals surface area contributed by atoms with Crippen molar-refractivity contribution in [2.45, 2.75) is 38.1 Å². The van der Waals surface area contributed by atoms with Crippen molar-refractivity contribution >= 4 is 23.6 Å². The summed E-state index contributed by atoms with van der Waals surface area (Å²) in [6.45, 7) is 5.77. The Kier molecular flexibility index (Phi) is 4.80. The highest BCUT2D eigenvalue weighted by Gasteiger charge is 2.37. The van der Waals surface area contributed by atoms with Crippen LogP contribution in [0, 0.1) is 6.92 Å². The van der Waals surface area contributed by atoms with Crippen LogP contribution in [0.3, 0.4) is 0 Å². The monoisotopic (exact) mass is 360 g/mol. The molecule has 0 aliphatic carbocycles. The van der Waals surface area contributed by atoms with Crippen LogP contribution < -0.4 is 10.6 Å². The van der Waals surface area contributed by atoms with E-state index < -0.39 is 10.8 Å². The van der Waals surface area contributed by atoms with Gasteiger partial charge < -0.3 is 15.2 Å². The second-order valence-corrected chi connectivity index (χ2v) is 8.03. The van der Waals surface area contributed by atoms with Crippen LogP contribution in [-0.2, 0) is 16.1 Å². The van der Waals surface area contributed by atoms with E-state index in [1.54, 1.807) is 0 Å². The molecule has 3 rings (SSSR count). The highest BCUT2D eigenvalue weighted by Crippen LogP contribution is 2.29. The lowest BCUT2D eigenvalue weighted by Gasteiger charge is -2.32. The van der Waals surface area contributed by atoms with Gasteiger partial charge >= 0.3 is 0 Å². The summed E-state index contributed by atoms with van der Waals surface area (Å²) >= 11 is 1.47. The summed E-state index contributed by atoms with van der Waals surface area (Å²) in [6, 6.07) is 7.18. The minimum Gasteiger partial charge on any atom is -0.345 e. The Hall–Kier alpha value is -2.35. The van der Waals surface area contributed by atoms with Crippen LogP contribution >= 0.6 is 11.8 Å². The largest absolute Gasteiger partial charge is 0.345 e. The number of nitrogens with one attached hydrogen (secondary N) is 2. The molecule has 132 valence electrons. The van der Waals surface area contributed by atoms with Crippen molar-refractivity contribution in [1.82, 2.24) is 20.8 Å². The van der Waals surface area contributed by atoms with Gasteiger partial charge in [0.1, 0.15) is 6.04 Å². The Morgan fingerprint density at radius 2 is 2.20 bits per heavy atom. The van der Waals surface area contributed by atoms with E-state index in [1.807, 2.05) is 45.0 Å². The number of amides is 2. The topological polar surface area (TPSA) is 97.1 Å². The third-order valence-corrected chi connectivity index (χ3v) is 5.45. The molecule has 0 saturated carbocycles. The second-order valence-electron chi connectivity index (χ2n) is 6.39. The molecule has 0 spiro atoms. The van der Waals surface area contributed by atoms with Crippen LogP contribution in [0.1, 0.15) is 25.3 Å². The molecule has 2 N–H and O–H groups in total. The zero-order valence-electron chi connectivity index (χ0n) is 14.3. The van der Waals surface area contributed by atoms with E-state index in [0.29, 0.717) is 17.5 Å². The van der Waals surface area contributed by atoms with Gasteiger partial charge in [-0.3, -0.25) is 9.59 Å². The summed E-state index contributed by atoms with van der Waals surface area (Å²) in [4.78, 5) is 28.5. The molecule has 1 aliphatic rings. The number of carbonyl (C=O) groups excluding carboxylic acids is 2. The Morgan fingerprint density at radius 1 is 1.44 bits per heavy atom. The van der Waals surface area contributed by atoms with E-state index in [1.165, 1.54) is 11.8 Å². The molecule has 1 aromatic heterocycles. The van der Waals surface area contributed by atoms with Crippen molar-refractivity contribution < 1.29 is 14.1 Å². The fourth-order valence-corrected chi connectivity index (χ4v) is 3.43. The molecular weight excluding hydrogens is 340 g/mol. The number of aromatic nitrogens is 2. The molecular formula is C17H20N4O3S. The van der Waals surface area contributed by atoms with Crippen molar-refractivity contribution in [1.29, 1.82) is 0 Å². The van der Waals surface area contributed by atoms with Crippen molar-refractivity contribution in [2.24, 2.45) is 0 Å². The maximum absolute atomic E-state index is 12.2. The van der Waals surface area contributed by atoms with Gasteiger partial charge in [-0.25, -0.2) is 0 Å². The average Bonchev–Trinajstić information content (AvgIpc) is 3.04. The minimum absolute atomic E-state index is 0.123.